The fraction of sp³-hybridized carbons (Fsp3) is 0.480. The van der Waals surface area contributed by atoms with Crippen LogP contribution in [0, 0.1) is 5.92 Å². The predicted octanol–water partition coefficient (Wildman–Crippen LogP) is 3.33. The lowest BCUT2D eigenvalue weighted by Gasteiger charge is -2.46. The molecule has 188 valence electrons. The fourth-order valence-corrected chi connectivity index (χ4v) is 5.20. The number of nitrogens with zero attached hydrogens (tertiary/aromatic N) is 5. The first kappa shape index (κ1) is 22.7. The molecule has 0 bridgehead atoms. The van der Waals surface area contributed by atoms with E-state index in [9.17, 15) is 4.79 Å². The highest BCUT2D eigenvalue weighted by atomic mass is 16.6. The van der Waals surface area contributed by atoms with Crippen LogP contribution in [0.25, 0.3) is 11.5 Å². The van der Waals surface area contributed by atoms with E-state index < -0.39 is 0 Å². The summed E-state index contributed by atoms with van der Waals surface area (Å²) in [6, 6.07) is 5.35. The highest BCUT2D eigenvalue weighted by Crippen LogP contribution is 2.39. The van der Waals surface area contributed by atoms with Gasteiger partial charge in [0.25, 0.3) is 0 Å². The number of urea groups is 1. The van der Waals surface area contributed by atoms with Crippen LogP contribution in [-0.4, -0.2) is 69.6 Å². The molecule has 2 saturated heterocycles. The zero-order valence-electron chi connectivity index (χ0n) is 19.9. The monoisotopic (exact) mass is 492 g/mol. The Morgan fingerprint density at radius 2 is 1.97 bits per heavy atom. The first-order valence-corrected chi connectivity index (χ1v) is 12.3. The summed E-state index contributed by atoms with van der Waals surface area (Å²) in [5, 5.41) is 7.04. The molecular formula is C25H28N6O5. The summed E-state index contributed by atoms with van der Waals surface area (Å²) < 4.78 is 22.9. The van der Waals surface area contributed by atoms with Gasteiger partial charge in [-0.25, -0.2) is 9.78 Å². The normalized spacial score (nSPS) is 20.8. The summed E-state index contributed by atoms with van der Waals surface area (Å²) in [7, 11) is 0. The maximum absolute atomic E-state index is 12.9. The average Bonchev–Trinajstić information content (AvgIpc) is 3.38. The van der Waals surface area contributed by atoms with Gasteiger partial charge in [0.1, 0.15) is 18.9 Å². The second kappa shape index (κ2) is 9.73. The molecule has 1 spiro atoms. The van der Waals surface area contributed by atoms with Crippen LogP contribution < -0.4 is 14.8 Å². The van der Waals surface area contributed by atoms with Crippen molar-refractivity contribution in [1.29, 1.82) is 0 Å². The molecule has 1 atom stereocenters. The van der Waals surface area contributed by atoms with Crippen molar-refractivity contribution >= 4 is 11.7 Å². The Hall–Kier alpha value is -3.73. The maximum atomic E-state index is 12.9. The number of benzene rings is 1. The van der Waals surface area contributed by atoms with Crippen LogP contribution in [0.15, 0.2) is 41.3 Å². The SMILES string of the molecule is O=C(Nc1ccc2c(c1)OCCO2)N1CCC2(CC1)CC(Cc1nc(-c3cnccn3)no1)CCO2. The summed E-state index contributed by atoms with van der Waals surface area (Å²) in [4.78, 5) is 27.5. The van der Waals surface area contributed by atoms with Crippen molar-refractivity contribution in [2.45, 2.75) is 37.7 Å². The highest BCUT2D eigenvalue weighted by molar-refractivity contribution is 5.89. The predicted molar refractivity (Wildman–Crippen MR) is 128 cm³/mol. The number of carbonyl (C=O) groups is 1. The van der Waals surface area contributed by atoms with E-state index in [1.54, 1.807) is 24.7 Å². The van der Waals surface area contributed by atoms with Gasteiger partial charge in [-0.2, -0.15) is 4.98 Å². The van der Waals surface area contributed by atoms with E-state index in [2.05, 4.69) is 25.4 Å². The minimum Gasteiger partial charge on any atom is -0.486 e. The Labute approximate surface area is 208 Å². The number of ether oxygens (including phenoxy) is 3. The number of fused-ring (bicyclic) bond motifs is 1. The Morgan fingerprint density at radius 1 is 1.11 bits per heavy atom. The van der Waals surface area contributed by atoms with Crippen LogP contribution in [0.1, 0.15) is 31.6 Å². The topological polar surface area (TPSA) is 125 Å². The molecule has 5 heterocycles. The van der Waals surface area contributed by atoms with E-state index in [-0.39, 0.29) is 11.6 Å². The number of rotatable bonds is 4. The fourth-order valence-electron chi connectivity index (χ4n) is 5.20. The number of hydrogen-bond acceptors (Lipinski definition) is 9. The van der Waals surface area contributed by atoms with Gasteiger partial charge >= 0.3 is 6.03 Å². The smallest absolute Gasteiger partial charge is 0.321 e. The lowest BCUT2D eigenvalue weighted by molar-refractivity contribution is -0.123. The van der Waals surface area contributed by atoms with Crippen molar-refractivity contribution in [2.24, 2.45) is 5.92 Å². The molecule has 1 aromatic carbocycles. The quantitative estimate of drug-likeness (QED) is 0.584. The Balaban J connectivity index is 1.03. The molecule has 2 amide bonds. The number of amides is 2. The van der Waals surface area contributed by atoms with E-state index in [0.29, 0.717) is 79.8 Å². The van der Waals surface area contributed by atoms with Gasteiger partial charge in [-0.05, 0) is 43.7 Å². The van der Waals surface area contributed by atoms with E-state index in [1.165, 1.54) is 0 Å². The average molecular weight is 493 g/mol. The second-order valence-corrected chi connectivity index (χ2v) is 9.47. The standard InChI is InChI=1S/C25H28N6O5/c32-24(28-18-1-2-20-21(14-18)34-12-11-33-20)31-8-4-25(5-9-31)15-17(3-10-35-25)13-22-29-23(30-36-22)19-16-26-6-7-27-19/h1-2,6-7,14,16-17H,3-5,8-13,15H2,(H,28,32). The summed E-state index contributed by atoms with van der Waals surface area (Å²) in [6.07, 6.45) is 8.99. The number of piperidine rings is 1. The van der Waals surface area contributed by atoms with Crippen molar-refractivity contribution in [2.75, 3.05) is 38.2 Å². The van der Waals surface area contributed by atoms with Gasteiger partial charge in [-0.15, -0.1) is 0 Å². The van der Waals surface area contributed by atoms with Crippen LogP contribution in [-0.2, 0) is 11.2 Å². The Morgan fingerprint density at radius 3 is 2.81 bits per heavy atom. The summed E-state index contributed by atoms with van der Waals surface area (Å²) in [5.41, 5.74) is 1.07. The molecule has 1 unspecified atom stereocenters. The molecule has 3 aliphatic rings. The molecule has 3 aromatic rings. The van der Waals surface area contributed by atoms with Crippen LogP contribution in [0.2, 0.25) is 0 Å². The maximum Gasteiger partial charge on any atom is 0.321 e. The van der Waals surface area contributed by atoms with E-state index in [4.69, 9.17) is 18.7 Å². The second-order valence-electron chi connectivity index (χ2n) is 9.47. The van der Waals surface area contributed by atoms with Crippen molar-refractivity contribution in [3.63, 3.8) is 0 Å². The van der Waals surface area contributed by atoms with Gasteiger partial charge in [-0.3, -0.25) is 4.98 Å². The minimum atomic E-state index is -0.218. The lowest BCUT2D eigenvalue weighted by atomic mass is 9.78. The lowest BCUT2D eigenvalue weighted by Crippen LogP contribution is -2.51. The first-order chi connectivity index (χ1) is 17.7. The Kier molecular flexibility index (Phi) is 6.14. The van der Waals surface area contributed by atoms with E-state index >= 15 is 0 Å². The molecule has 1 N–H and O–H groups in total. The number of anilines is 1. The van der Waals surface area contributed by atoms with Crippen LogP contribution >= 0.6 is 0 Å². The molecule has 11 heteroatoms. The number of carbonyl (C=O) groups excluding carboxylic acids is 1. The molecule has 0 aliphatic carbocycles. The molecule has 11 nitrogen and oxygen atoms in total. The molecule has 3 aliphatic heterocycles. The zero-order valence-corrected chi connectivity index (χ0v) is 19.9. The molecule has 36 heavy (non-hydrogen) atoms. The third kappa shape index (κ3) is 4.83. The van der Waals surface area contributed by atoms with Gasteiger partial charge in [0.15, 0.2) is 11.5 Å². The molecule has 6 rings (SSSR count). The number of likely N-dealkylation sites (tertiary alicyclic amines) is 1. The van der Waals surface area contributed by atoms with E-state index in [0.717, 1.165) is 25.7 Å². The molecule has 0 radical (unpaired) electrons. The summed E-state index contributed by atoms with van der Waals surface area (Å²) in [5.74, 6) is 2.80. The first-order valence-electron chi connectivity index (χ1n) is 12.3. The van der Waals surface area contributed by atoms with Crippen molar-refractivity contribution in [3.05, 3.63) is 42.7 Å². The minimum absolute atomic E-state index is 0.115. The number of aromatic nitrogens is 4. The van der Waals surface area contributed by atoms with Gasteiger partial charge in [-0.1, -0.05) is 5.16 Å². The van der Waals surface area contributed by atoms with Crippen molar-refractivity contribution < 1.29 is 23.5 Å². The van der Waals surface area contributed by atoms with Gasteiger partial charge in [0.05, 0.1) is 11.8 Å². The summed E-state index contributed by atoms with van der Waals surface area (Å²) in [6.45, 7) is 3.02. The Bertz CT molecular complexity index is 1210. The molecule has 2 fully saturated rings. The molecule has 2 aromatic heterocycles. The molecule has 0 saturated carbocycles. The third-order valence-corrected chi connectivity index (χ3v) is 7.07. The molecular weight excluding hydrogens is 464 g/mol. The van der Waals surface area contributed by atoms with Gasteiger partial charge < -0.3 is 29.0 Å². The van der Waals surface area contributed by atoms with E-state index in [1.807, 2.05) is 17.0 Å². The summed E-state index contributed by atoms with van der Waals surface area (Å²) >= 11 is 0. The van der Waals surface area contributed by atoms with Crippen molar-refractivity contribution in [1.82, 2.24) is 25.0 Å². The third-order valence-electron chi connectivity index (χ3n) is 7.07. The van der Waals surface area contributed by atoms with Crippen molar-refractivity contribution in [3.8, 4) is 23.0 Å². The van der Waals surface area contributed by atoms with Crippen LogP contribution in [0.5, 0.6) is 11.5 Å². The highest BCUT2D eigenvalue weighted by Gasteiger charge is 2.41. The zero-order chi connectivity index (χ0) is 24.4. The number of nitrogens with one attached hydrogen (secondary N) is 1. The largest absolute Gasteiger partial charge is 0.486 e. The van der Waals surface area contributed by atoms with Crippen LogP contribution in [0.3, 0.4) is 0 Å². The van der Waals surface area contributed by atoms with Gasteiger partial charge in [0.2, 0.25) is 11.7 Å². The van der Waals surface area contributed by atoms with Gasteiger partial charge in [0, 0.05) is 50.3 Å². The number of hydrogen-bond donors (Lipinski definition) is 1. The van der Waals surface area contributed by atoms with Crippen LogP contribution in [0.4, 0.5) is 10.5 Å².